The predicted molar refractivity (Wildman–Crippen MR) is 34.7 cm³/mol. The first kappa shape index (κ1) is 7.38. The summed E-state index contributed by atoms with van der Waals surface area (Å²) in [6.45, 7) is 4.05. The molecule has 0 unspecified atom stereocenters. The van der Waals surface area contributed by atoms with Crippen molar-refractivity contribution < 1.29 is 4.58 Å². The van der Waals surface area contributed by atoms with Crippen LogP contribution in [0.2, 0.25) is 0 Å². The third kappa shape index (κ3) is 5.38. The van der Waals surface area contributed by atoms with Crippen LogP contribution in [-0.4, -0.2) is 30.7 Å². The number of hydrogen-bond acceptors (Lipinski definition) is 1. The molecule has 2 heteroatoms. The zero-order valence-electron chi connectivity index (χ0n) is 5.97. The largest absolute Gasteiger partial charge is 0.306 e. The normalized spacial score (nSPS) is 8.62. The molecular formula is C6H13N2+. The van der Waals surface area contributed by atoms with Gasteiger partial charge in [0.05, 0.1) is 14.1 Å². The molecule has 0 fully saturated rings. The summed E-state index contributed by atoms with van der Waals surface area (Å²) in [5.41, 5.74) is 0. The molecule has 0 radical (unpaired) electrons. The van der Waals surface area contributed by atoms with Gasteiger partial charge in [0, 0.05) is 0 Å². The Morgan fingerprint density at radius 1 is 1.38 bits per heavy atom. The second-order valence-corrected chi connectivity index (χ2v) is 2.22. The van der Waals surface area contributed by atoms with E-state index in [9.17, 15) is 0 Å². The number of nitrogens with zero attached hydrogens (tertiary/aromatic N) is 2. The molecule has 0 N–H and O–H groups in total. The lowest BCUT2D eigenvalue weighted by Crippen LogP contribution is -1.95. The summed E-state index contributed by atoms with van der Waals surface area (Å²) in [5.74, 6) is 0. The lowest BCUT2D eigenvalue weighted by Gasteiger charge is -1.78. The van der Waals surface area contributed by atoms with Gasteiger partial charge in [0.1, 0.15) is 6.04 Å². The molecule has 0 rings (SSSR count). The maximum Gasteiger partial charge on any atom is 0.306 e. The van der Waals surface area contributed by atoms with E-state index in [1.54, 1.807) is 4.58 Å². The highest BCUT2D eigenvalue weighted by Gasteiger charge is 1.89. The van der Waals surface area contributed by atoms with Crippen molar-refractivity contribution >= 4 is 6.01 Å². The zero-order valence-corrected chi connectivity index (χ0v) is 5.97. The van der Waals surface area contributed by atoms with Crippen molar-refractivity contribution in [3.05, 3.63) is 0 Å². The van der Waals surface area contributed by atoms with Gasteiger partial charge in [-0.15, -0.1) is 0 Å². The molecule has 0 aromatic rings. The summed E-state index contributed by atoms with van der Waals surface area (Å²) >= 11 is 0. The molecule has 0 amide bonds. The van der Waals surface area contributed by atoms with E-state index in [0.29, 0.717) is 6.04 Å². The van der Waals surface area contributed by atoms with E-state index < -0.39 is 0 Å². The maximum atomic E-state index is 4.00. The third-order valence-corrected chi connectivity index (χ3v) is 0.516. The first-order chi connectivity index (χ1) is 3.63. The minimum atomic E-state index is 0.359. The monoisotopic (exact) mass is 113 g/mol. The Balaban J connectivity index is 3.82. The van der Waals surface area contributed by atoms with Crippen LogP contribution >= 0.6 is 0 Å². The molecule has 0 aliphatic carbocycles. The molecule has 46 valence electrons. The lowest BCUT2D eigenvalue weighted by molar-refractivity contribution is -0.457. The summed E-state index contributed by atoms with van der Waals surface area (Å²) in [4.78, 5) is 4.00. The molecule has 0 spiro atoms. The van der Waals surface area contributed by atoms with Crippen LogP contribution in [-0.2, 0) is 0 Å². The molecule has 0 saturated carbocycles. The van der Waals surface area contributed by atoms with Crippen LogP contribution in [0.15, 0.2) is 4.99 Å². The molecule has 8 heavy (non-hydrogen) atoms. The number of aliphatic imine (C=N–C) groups is 1. The fraction of sp³-hybridized carbons (Fsp3) is 0.833. The van der Waals surface area contributed by atoms with Crippen molar-refractivity contribution in [3.8, 4) is 0 Å². The topological polar surface area (TPSA) is 15.4 Å². The van der Waals surface area contributed by atoms with Crippen molar-refractivity contribution in [1.82, 2.24) is 0 Å². The molecule has 0 aliphatic heterocycles. The van der Waals surface area contributed by atoms with Gasteiger partial charge >= 0.3 is 6.01 Å². The molecule has 2 nitrogen and oxygen atoms in total. The highest BCUT2D eigenvalue weighted by molar-refractivity contribution is 5.33. The Bertz CT molecular complexity index is 114. The highest BCUT2D eigenvalue weighted by atomic mass is 14.9. The van der Waals surface area contributed by atoms with E-state index in [0.717, 1.165) is 0 Å². The summed E-state index contributed by atoms with van der Waals surface area (Å²) < 4.78 is 1.81. The molecule has 0 bridgehead atoms. The van der Waals surface area contributed by atoms with Crippen LogP contribution in [0.5, 0.6) is 0 Å². The van der Waals surface area contributed by atoms with E-state index in [4.69, 9.17) is 0 Å². The molecule has 0 heterocycles. The molecule has 0 aromatic heterocycles. The third-order valence-electron chi connectivity index (χ3n) is 0.516. The highest BCUT2D eigenvalue weighted by Crippen LogP contribution is 1.79. The van der Waals surface area contributed by atoms with Crippen molar-refractivity contribution in [2.75, 3.05) is 14.1 Å². The summed E-state index contributed by atoms with van der Waals surface area (Å²) in [5, 5.41) is 0. The van der Waals surface area contributed by atoms with Gasteiger partial charge in [-0.25, -0.2) is 4.58 Å². The van der Waals surface area contributed by atoms with Gasteiger partial charge in [0.15, 0.2) is 0 Å². The second kappa shape index (κ2) is 3.39. The van der Waals surface area contributed by atoms with Crippen LogP contribution in [0.3, 0.4) is 0 Å². The maximum absolute atomic E-state index is 4.00. The standard InChI is InChI=1S/C6H13N2/c1-6(2)7-5-8(3)4/h6H,1-4H3/q+1. The van der Waals surface area contributed by atoms with Crippen LogP contribution in [0.4, 0.5) is 0 Å². The van der Waals surface area contributed by atoms with Gasteiger partial charge in [-0.3, -0.25) is 0 Å². The van der Waals surface area contributed by atoms with Gasteiger partial charge in [0.25, 0.3) is 0 Å². The Hall–Kier alpha value is -0.620. The molecule has 0 aromatic carbocycles. The SMILES string of the molecule is CC(C)N=C=[N+](C)C. The Morgan fingerprint density at radius 2 is 1.88 bits per heavy atom. The van der Waals surface area contributed by atoms with Gasteiger partial charge in [0.2, 0.25) is 0 Å². The van der Waals surface area contributed by atoms with E-state index in [2.05, 4.69) is 11.0 Å². The number of hydrogen-bond donors (Lipinski definition) is 0. The summed E-state index contributed by atoms with van der Waals surface area (Å²) in [6, 6.07) is 3.16. The summed E-state index contributed by atoms with van der Waals surface area (Å²) in [6.07, 6.45) is 0. The molecule has 0 aliphatic rings. The minimum Gasteiger partial charge on any atom is -0.225 e. The fourth-order valence-corrected chi connectivity index (χ4v) is 0.231. The van der Waals surface area contributed by atoms with Crippen molar-refractivity contribution in [2.45, 2.75) is 19.9 Å². The van der Waals surface area contributed by atoms with Crippen LogP contribution < -0.4 is 0 Å². The average molecular weight is 113 g/mol. The average Bonchev–Trinajstić information content (AvgIpc) is 1.61. The zero-order chi connectivity index (χ0) is 6.57. The van der Waals surface area contributed by atoms with Crippen molar-refractivity contribution in [3.63, 3.8) is 0 Å². The van der Waals surface area contributed by atoms with Gasteiger partial charge in [-0.1, -0.05) is 0 Å². The van der Waals surface area contributed by atoms with Crippen LogP contribution in [0, 0.1) is 0 Å². The molecule has 0 atom stereocenters. The Labute approximate surface area is 50.6 Å². The minimum absolute atomic E-state index is 0.359. The second-order valence-electron chi connectivity index (χ2n) is 2.22. The van der Waals surface area contributed by atoms with Gasteiger partial charge in [-0.2, -0.15) is 0 Å². The van der Waals surface area contributed by atoms with E-state index >= 15 is 0 Å². The molecular weight excluding hydrogens is 100 g/mol. The van der Waals surface area contributed by atoms with Gasteiger partial charge in [-0.05, 0) is 18.8 Å². The van der Waals surface area contributed by atoms with Crippen LogP contribution in [0.1, 0.15) is 13.8 Å². The van der Waals surface area contributed by atoms with Crippen molar-refractivity contribution in [2.24, 2.45) is 4.99 Å². The summed E-state index contributed by atoms with van der Waals surface area (Å²) in [7, 11) is 3.82. The quantitative estimate of drug-likeness (QED) is 0.354. The van der Waals surface area contributed by atoms with Crippen molar-refractivity contribution in [1.29, 1.82) is 0 Å². The first-order valence-electron chi connectivity index (χ1n) is 2.75. The fourth-order valence-electron chi connectivity index (χ4n) is 0.231. The Kier molecular flexibility index (Phi) is 3.13. The van der Waals surface area contributed by atoms with E-state index in [-0.39, 0.29) is 0 Å². The van der Waals surface area contributed by atoms with Gasteiger partial charge < -0.3 is 0 Å². The lowest BCUT2D eigenvalue weighted by atomic mass is 10.4. The van der Waals surface area contributed by atoms with E-state index in [1.807, 2.05) is 27.9 Å². The Morgan fingerprint density at radius 3 is 2.00 bits per heavy atom. The smallest absolute Gasteiger partial charge is 0.225 e. The predicted octanol–water partition coefficient (Wildman–Crippen LogP) is 0.841. The van der Waals surface area contributed by atoms with E-state index in [1.165, 1.54) is 0 Å². The number of rotatable bonds is 1. The first-order valence-corrected chi connectivity index (χ1v) is 2.75. The van der Waals surface area contributed by atoms with Crippen LogP contribution in [0.25, 0.3) is 0 Å². The molecule has 0 saturated heterocycles.